The summed E-state index contributed by atoms with van der Waals surface area (Å²) in [4.78, 5) is 3.75. The van der Waals surface area contributed by atoms with Crippen molar-refractivity contribution in [2.75, 3.05) is 52.3 Å². The van der Waals surface area contributed by atoms with Crippen LogP contribution in [0, 0.1) is 0 Å². The van der Waals surface area contributed by atoms with Crippen molar-refractivity contribution >= 4 is 40.7 Å². The van der Waals surface area contributed by atoms with Gasteiger partial charge in [0.25, 0.3) is 0 Å². The summed E-state index contributed by atoms with van der Waals surface area (Å²) in [5.74, 6) is 1.21. The van der Waals surface area contributed by atoms with Crippen molar-refractivity contribution < 1.29 is 14.4 Å². The average Bonchev–Trinajstić information content (AvgIpc) is 2.75. The summed E-state index contributed by atoms with van der Waals surface area (Å²) < 4.78 is 10.7. The molecular weight excluding hydrogens is 406 g/mol. The van der Waals surface area contributed by atoms with Gasteiger partial charge in [-0.3, -0.25) is 0 Å². The van der Waals surface area contributed by atoms with Crippen molar-refractivity contribution in [2.24, 2.45) is 0 Å². The van der Waals surface area contributed by atoms with Gasteiger partial charge < -0.3 is 24.6 Å². The molecule has 1 fully saturated rings. The number of ether oxygens (including phenoxy) is 2. The Bertz CT molecular complexity index is 853. The van der Waals surface area contributed by atoms with Gasteiger partial charge in [-0.1, -0.05) is 48.0 Å². The molecule has 1 heterocycles. The highest BCUT2D eigenvalue weighted by molar-refractivity contribution is 7.80. The first kappa shape index (κ1) is 21.4. The summed E-state index contributed by atoms with van der Waals surface area (Å²) in [6.45, 7) is 4.93. The molecule has 1 saturated heterocycles. The standard InChI is InChI=1S/C22H26ClN3O2S/c1-27-20-16-19(21(28-2)15-18(20)23)24-22(29)26-13-11-25(12-14-26)10-6-9-17-7-4-3-5-8-17/h3-9,15-16H,10-14H2,1-2H3,(H,24,29)/p+1/b9-6+. The number of anilines is 1. The lowest BCUT2D eigenvalue weighted by atomic mass is 10.2. The zero-order valence-corrected chi connectivity index (χ0v) is 18.4. The number of halogens is 1. The van der Waals surface area contributed by atoms with E-state index in [2.05, 4.69) is 46.6 Å². The molecule has 7 heteroatoms. The van der Waals surface area contributed by atoms with Crippen LogP contribution in [-0.4, -0.2) is 57.0 Å². The summed E-state index contributed by atoms with van der Waals surface area (Å²) in [5.41, 5.74) is 1.99. The smallest absolute Gasteiger partial charge is 0.173 e. The molecule has 0 unspecified atom stereocenters. The second kappa shape index (κ2) is 10.5. The molecule has 0 saturated carbocycles. The third kappa shape index (κ3) is 5.85. The summed E-state index contributed by atoms with van der Waals surface area (Å²) in [6, 6.07) is 13.9. The maximum atomic E-state index is 6.18. The molecule has 0 amide bonds. The van der Waals surface area contributed by atoms with Gasteiger partial charge in [0.1, 0.15) is 11.5 Å². The lowest BCUT2D eigenvalue weighted by Gasteiger charge is -2.33. The molecule has 1 aliphatic rings. The Balaban J connectivity index is 1.52. The molecule has 0 spiro atoms. The van der Waals surface area contributed by atoms with Crippen LogP contribution >= 0.6 is 23.8 Å². The van der Waals surface area contributed by atoms with Crippen LogP contribution in [0.5, 0.6) is 11.5 Å². The van der Waals surface area contributed by atoms with Gasteiger partial charge >= 0.3 is 0 Å². The fourth-order valence-corrected chi connectivity index (χ4v) is 3.83. The predicted molar refractivity (Wildman–Crippen MR) is 123 cm³/mol. The Labute approximate surface area is 182 Å². The van der Waals surface area contributed by atoms with E-state index in [1.807, 2.05) is 12.1 Å². The maximum absolute atomic E-state index is 6.18. The fourth-order valence-electron chi connectivity index (χ4n) is 3.31. The zero-order chi connectivity index (χ0) is 20.6. The first-order chi connectivity index (χ1) is 14.1. The van der Waals surface area contributed by atoms with Crippen molar-refractivity contribution in [3.05, 3.63) is 59.1 Å². The number of hydrogen-bond donors (Lipinski definition) is 2. The molecule has 3 rings (SSSR count). The van der Waals surface area contributed by atoms with E-state index in [1.54, 1.807) is 25.2 Å². The number of rotatable bonds is 6. The van der Waals surface area contributed by atoms with Crippen LogP contribution in [-0.2, 0) is 0 Å². The predicted octanol–water partition coefficient (Wildman–Crippen LogP) is 2.97. The first-order valence-corrected chi connectivity index (χ1v) is 10.4. The van der Waals surface area contributed by atoms with Crippen LogP contribution in [0.3, 0.4) is 0 Å². The van der Waals surface area contributed by atoms with Gasteiger partial charge in [-0.05, 0) is 23.9 Å². The number of methoxy groups -OCH3 is 2. The molecule has 2 aromatic rings. The normalized spacial score (nSPS) is 14.8. The molecule has 154 valence electrons. The minimum Gasteiger partial charge on any atom is -0.495 e. The highest BCUT2D eigenvalue weighted by atomic mass is 35.5. The van der Waals surface area contributed by atoms with Crippen molar-refractivity contribution in [2.45, 2.75) is 0 Å². The zero-order valence-electron chi connectivity index (χ0n) is 16.8. The Hall–Kier alpha value is -2.28. The molecule has 29 heavy (non-hydrogen) atoms. The fraction of sp³-hybridized carbons (Fsp3) is 0.318. The quantitative estimate of drug-likeness (QED) is 0.686. The Morgan fingerprint density at radius 2 is 1.83 bits per heavy atom. The Kier molecular flexibility index (Phi) is 7.75. The summed E-state index contributed by atoms with van der Waals surface area (Å²) in [7, 11) is 3.20. The summed E-state index contributed by atoms with van der Waals surface area (Å²) in [6.07, 6.45) is 4.44. The number of hydrogen-bond acceptors (Lipinski definition) is 3. The number of nitrogens with one attached hydrogen (secondary N) is 2. The molecule has 2 aromatic carbocycles. The van der Waals surface area contributed by atoms with Gasteiger partial charge in [0, 0.05) is 12.1 Å². The van der Waals surface area contributed by atoms with E-state index in [0.29, 0.717) is 21.6 Å². The maximum Gasteiger partial charge on any atom is 0.173 e. The van der Waals surface area contributed by atoms with E-state index in [0.717, 1.165) is 38.4 Å². The van der Waals surface area contributed by atoms with Gasteiger partial charge in [0.15, 0.2) is 5.11 Å². The second-order valence-corrected chi connectivity index (χ2v) is 7.67. The number of quaternary nitrogens is 1. The molecule has 0 aliphatic carbocycles. The first-order valence-electron chi connectivity index (χ1n) is 9.63. The topological polar surface area (TPSA) is 38.2 Å². The highest BCUT2D eigenvalue weighted by Gasteiger charge is 2.22. The van der Waals surface area contributed by atoms with Crippen molar-refractivity contribution in [3.63, 3.8) is 0 Å². The number of piperazine rings is 1. The summed E-state index contributed by atoms with van der Waals surface area (Å²) >= 11 is 11.8. The Morgan fingerprint density at radius 3 is 2.48 bits per heavy atom. The van der Waals surface area contributed by atoms with E-state index in [9.17, 15) is 0 Å². The van der Waals surface area contributed by atoms with Gasteiger partial charge in [-0.2, -0.15) is 0 Å². The van der Waals surface area contributed by atoms with Gasteiger partial charge in [-0.25, -0.2) is 0 Å². The van der Waals surface area contributed by atoms with Crippen LogP contribution in [0.2, 0.25) is 5.02 Å². The van der Waals surface area contributed by atoms with Crippen LogP contribution in [0.15, 0.2) is 48.5 Å². The third-order valence-corrected chi connectivity index (χ3v) is 5.65. The molecular formula is C22H27ClN3O2S+. The minimum absolute atomic E-state index is 0.501. The largest absolute Gasteiger partial charge is 0.495 e. The molecule has 0 bridgehead atoms. The second-order valence-electron chi connectivity index (χ2n) is 6.87. The van der Waals surface area contributed by atoms with E-state index in [-0.39, 0.29) is 0 Å². The molecule has 0 radical (unpaired) electrons. The summed E-state index contributed by atoms with van der Waals surface area (Å²) in [5, 5.41) is 4.47. The van der Waals surface area contributed by atoms with E-state index in [4.69, 9.17) is 33.3 Å². The van der Waals surface area contributed by atoms with Crippen LogP contribution in [0.4, 0.5) is 5.69 Å². The van der Waals surface area contributed by atoms with Crippen molar-refractivity contribution in [3.8, 4) is 11.5 Å². The van der Waals surface area contributed by atoms with E-state index < -0.39 is 0 Å². The van der Waals surface area contributed by atoms with Crippen molar-refractivity contribution in [1.82, 2.24) is 4.90 Å². The number of benzene rings is 2. The Morgan fingerprint density at radius 1 is 1.14 bits per heavy atom. The molecule has 1 aliphatic heterocycles. The molecule has 2 N–H and O–H groups in total. The SMILES string of the molecule is COc1cc(NC(=S)N2CC[NH+](C/C=C/c3ccccc3)CC2)c(OC)cc1Cl. The van der Waals surface area contributed by atoms with Gasteiger partial charge in [0.2, 0.25) is 0 Å². The lowest BCUT2D eigenvalue weighted by Crippen LogP contribution is -3.14. The molecule has 5 nitrogen and oxygen atoms in total. The molecule has 0 atom stereocenters. The van der Waals surface area contributed by atoms with E-state index in [1.165, 1.54) is 5.56 Å². The van der Waals surface area contributed by atoms with Crippen LogP contribution in [0.25, 0.3) is 6.08 Å². The average molecular weight is 433 g/mol. The van der Waals surface area contributed by atoms with Crippen LogP contribution in [0.1, 0.15) is 5.56 Å². The number of nitrogens with zero attached hydrogens (tertiary/aromatic N) is 1. The van der Waals surface area contributed by atoms with Gasteiger partial charge in [0.05, 0.1) is 57.7 Å². The minimum atomic E-state index is 0.501. The van der Waals surface area contributed by atoms with E-state index >= 15 is 0 Å². The lowest BCUT2D eigenvalue weighted by molar-refractivity contribution is -0.897. The highest BCUT2D eigenvalue weighted by Crippen LogP contribution is 2.36. The number of thiocarbonyl (C=S) groups is 1. The van der Waals surface area contributed by atoms with Crippen molar-refractivity contribution in [1.29, 1.82) is 0 Å². The monoisotopic (exact) mass is 432 g/mol. The third-order valence-electron chi connectivity index (χ3n) is 4.99. The van der Waals surface area contributed by atoms with Gasteiger partial charge in [-0.15, -0.1) is 0 Å². The van der Waals surface area contributed by atoms with Crippen LogP contribution < -0.4 is 19.7 Å². The molecule has 0 aromatic heterocycles.